The Morgan fingerprint density at radius 2 is 1.85 bits per heavy atom. The number of nitrogens with zero attached hydrogens (tertiary/aromatic N) is 3. The molecular formula is C25H29FN4O4. The summed E-state index contributed by atoms with van der Waals surface area (Å²) in [7, 11) is 3.17. The molecule has 34 heavy (non-hydrogen) atoms. The van der Waals surface area contributed by atoms with E-state index in [0.717, 1.165) is 37.1 Å². The van der Waals surface area contributed by atoms with Crippen molar-refractivity contribution in [1.82, 2.24) is 20.4 Å². The predicted octanol–water partition coefficient (Wildman–Crippen LogP) is 3.98. The van der Waals surface area contributed by atoms with E-state index in [4.69, 9.17) is 14.0 Å². The molecule has 3 aromatic rings. The van der Waals surface area contributed by atoms with E-state index in [2.05, 4.69) is 20.4 Å². The van der Waals surface area contributed by atoms with Gasteiger partial charge in [0.05, 0.1) is 26.8 Å². The van der Waals surface area contributed by atoms with Gasteiger partial charge in [-0.05, 0) is 68.8 Å². The Balaban J connectivity index is 1.28. The first-order valence-electron chi connectivity index (χ1n) is 11.3. The molecule has 1 aromatic heterocycles. The number of likely N-dealkylation sites (tertiary alicyclic amines) is 1. The maximum absolute atomic E-state index is 13.1. The molecular weight excluding hydrogens is 439 g/mol. The fourth-order valence-corrected chi connectivity index (χ4v) is 4.12. The molecule has 0 bridgehead atoms. The molecule has 2 aromatic carbocycles. The van der Waals surface area contributed by atoms with Gasteiger partial charge in [-0.15, -0.1) is 0 Å². The minimum absolute atomic E-state index is 0.0324. The van der Waals surface area contributed by atoms with Crippen LogP contribution in [0.4, 0.5) is 4.39 Å². The van der Waals surface area contributed by atoms with Gasteiger partial charge in [-0.25, -0.2) is 4.39 Å². The number of nitrogens with one attached hydrogen (secondary N) is 1. The van der Waals surface area contributed by atoms with Gasteiger partial charge in [-0.2, -0.15) is 4.98 Å². The van der Waals surface area contributed by atoms with Crippen molar-refractivity contribution in [2.45, 2.75) is 32.4 Å². The average Bonchev–Trinajstić information content (AvgIpc) is 3.32. The van der Waals surface area contributed by atoms with E-state index in [1.165, 1.54) is 12.1 Å². The van der Waals surface area contributed by atoms with Crippen molar-refractivity contribution < 1.29 is 23.2 Å². The van der Waals surface area contributed by atoms with Crippen molar-refractivity contribution in [3.05, 3.63) is 59.7 Å². The molecule has 8 nitrogen and oxygen atoms in total. The minimum Gasteiger partial charge on any atom is -0.493 e. The lowest BCUT2D eigenvalue weighted by atomic mass is 9.95. The van der Waals surface area contributed by atoms with Crippen molar-refractivity contribution in [2.75, 3.05) is 27.3 Å². The minimum atomic E-state index is -0.285. The number of methoxy groups -OCH3 is 2. The van der Waals surface area contributed by atoms with Gasteiger partial charge < -0.3 is 19.3 Å². The highest BCUT2D eigenvalue weighted by atomic mass is 19.1. The van der Waals surface area contributed by atoms with E-state index < -0.39 is 0 Å². The van der Waals surface area contributed by atoms with Crippen LogP contribution in [0.2, 0.25) is 0 Å². The van der Waals surface area contributed by atoms with Crippen LogP contribution in [0.15, 0.2) is 47.0 Å². The number of amides is 1. The zero-order chi connectivity index (χ0) is 24.1. The monoisotopic (exact) mass is 468 g/mol. The lowest BCUT2D eigenvalue weighted by Crippen LogP contribution is -2.40. The van der Waals surface area contributed by atoms with Gasteiger partial charge in [-0.1, -0.05) is 17.3 Å². The van der Waals surface area contributed by atoms with Gasteiger partial charge >= 0.3 is 0 Å². The number of hydrogen-bond acceptors (Lipinski definition) is 7. The fourth-order valence-electron chi connectivity index (χ4n) is 4.12. The second kappa shape index (κ2) is 10.6. The molecule has 1 amide bonds. The maximum atomic E-state index is 13.1. The Morgan fingerprint density at radius 1 is 1.15 bits per heavy atom. The summed E-state index contributed by atoms with van der Waals surface area (Å²) >= 11 is 0. The number of ether oxygens (including phenoxy) is 2. The van der Waals surface area contributed by atoms with Crippen LogP contribution in [-0.2, 0) is 11.3 Å². The van der Waals surface area contributed by atoms with Crippen LogP contribution < -0.4 is 14.8 Å². The van der Waals surface area contributed by atoms with Crippen LogP contribution >= 0.6 is 0 Å². The van der Waals surface area contributed by atoms with Crippen molar-refractivity contribution >= 4 is 5.91 Å². The summed E-state index contributed by atoms with van der Waals surface area (Å²) in [4.78, 5) is 19.4. The van der Waals surface area contributed by atoms with Gasteiger partial charge in [-0.3, -0.25) is 9.69 Å². The molecule has 1 fully saturated rings. The fraction of sp³-hybridized carbons (Fsp3) is 0.400. The lowest BCUT2D eigenvalue weighted by Gasteiger charge is -2.30. The molecule has 1 saturated heterocycles. The summed E-state index contributed by atoms with van der Waals surface area (Å²) in [6.07, 6.45) is 1.50. The van der Waals surface area contributed by atoms with Crippen LogP contribution in [0.25, 0.3) is 11.4 Å². The van der Waals surface area contributed by atoms with E-state index >= 15 is 0 Å². The average molecular weight is 469 g/mol. The molecule has 0 radical (unpaired) electrons. The number of aromatic nitrogens is 2. The Labute approximate surface area is 198 Å². The van der Waals surface area contributed by atoms with Gasteiger partial charge in [0.1, 0.15) is 5.82 Å². The maximum Gasteiger partial charge on any atom is 0.241 e. The van der Waals surface area contributed by atoms with Crippen molar-refractivity contribution in [2.24, 2.45) is 5.92 Å². The van der Waals surface area contributed by atoms with Crippen LogP contribution in [0, 0.1) is 11.7 Å². The standard InChI is InChI=1S/C25H29FN4O4/c1-16(17-4-7-20(26)8-5-17)27-25(31)18-10-12-30(13-11-18)15-23-28-24(29-34-23)19-6-9-21(32-2)22(14-19)33-3/h4-9,14,16,18H,10-13,15H2,1-3H3,(H,27,31). The van der Waals surface area contributed by atoms with Crippen LogP contribution in [0.3, 0.4) is 0 Å². The number of rotatable bonds is 8. The molecule has 0 spiro atoms. The van der Waals surface area contributed by atoms with E-state index in [0.29, 0.717) is 29.8 Å². The third kappa shape index (κ3) is 5.53. The number of carbonyl (C=O) groups excluding carboxylic acids is 1. The third-order valence-corrected chi connectivity index (χ3v) is 6.16. The summed E-state index contributed by atoms with van der Waals surface area (Å²) in [6.45, 7) is 3.96. The molecule has 0 saturated carbocycles. The third-order valence-electron chi connectivity index (χ3n) is 6.16. The molecule has 1 aliphatic heterocycles. The summed E-state index contributed by atoms with van der Waals surface area (Å²) in [5, 5.41) is 7.15. The van der Waals surface area contributed by atoms with Crippen LogP contribution in [-0.4, -0.2) is 48.3 Å². The molecule has 1 aliphatic rings. The Morgan fingerprint density at radius 3 is 2.53 bits per heavy atom. The highest BCUT2D eigenvalue weighted by molar-refractivity contribution is 5.79. The number of benzene rings is 2. The molecule has 9 heteroatoms. The lowest BCUT2D eigenvalue weighted by molar-refractivity contribution is -0.127. The first kappa shape index (κ1) is 23.7. The highest BCUT2D eigenvalue weighted by Gasteiger charge is 2.27. The van der Waals surface area contributed by atoms with Gasteiger partial charge in [0.15, 0.2) is 11.5 Å². The summed E-state index contributed by atoms with van der Waals surface area (Å²) in [5.74, 6) is 1.94. The van der Waals surface area contributed by atoms with E-state index in [1.807, 2.05) is 19.1 Å². The summed E-state index contributed by atoms with van der Waals surface area (Å²) in [6, 6.07) is 11.5. The molecule has 1 unspecified atom stereocenters. The molecule has 1 atom stereocenters. The Hall–Kier alpha value is -3.46. The Kier molecular flexibility index (Phi) is 7.42. The van der Waals surface area contributed by atoms with Gasteiger partial charge in [0.25, 0.3) is 0 Å². The molecule has 1 N–H and O–H groups in total. The van der Waals surface area contributed by atoms with E-state index in [1.54, 1.807) is 32.4 Å². The van der Waals surface area contributed by atoms with Crippen LogP contribution in [0.1, 0.15) is 37.3 Å². The number of carbonyl (C=O) groups is 1. The topological polar surface area (TPSA) is 89.7 Å². The van der Waals surface area contributed by atoms with E-state index in [-0.39, 0.29) is 23.7 Å². The smallest absolute Gasteiger partial charge is 0.241 e. The van der Waals surface area contributed by atoms with Crippen molar-refractivity contribution in [1.29, 1.82) is 0 Å². The van der Waals surface area contributed by atoms with Gasteiger partial charge in [0, 0.05) is 11.5 Å². The number of piperidine rings is 1. The zero-order valence-electron chi connectivity index (χ0n) is 19.6. The van der Waals surface area contributed by atoms with E-state index in [9.17, 15) is 9.18 Å². The Bertz CT molecular complexity index is 1110. The predicted molar refractivity (Wildman–Crippen MR) is 124 cm³/mol. The first-order valence-corrected chi connectivity index (χ1v) is 11.3. The molecule has 2 heterocycles. The normalized spacial score (nSPS) is 15.6. The molecule has 180 valence electrons. The first-order chi connectivity index (χ1) is 16.5. The van der Waals surface area contributed by atoms with Crippen molar-refractivity contribution in [3.8, 4) is 22.9 Å². The number of halogens is 1. The SMILES string of the molecule is COc1ccc(-c2noc(CN3CCC(C(=O)NC(C)c4ccc(F)cc4)CC3)n2)cc1OC. The van der Waals surface area contributed by atoms with Crippen molar-refractivity contribution in [3.63, 3.8) is 0 Å². The highest BCUT2D eigenvalue weighted by Crippen LogP contribution is 2.31. The molecule has 4 rings (SSSR count). The number of hydrogen-bond donors (Lipinski definition) is 1. The van der Waals surface area contributed by atoms with Gasteiger partial charge in [0.2, 0.25) is 17.6 Å². The molecule has 0 aliphatic carbocycles. The van der Waals surface area contributed by atoms with Crippen LogP contribution in [0.5, 0.6) is 11.5 Å². The second-order valence-electron chi connectivity index (χ2n) is 8.41. The summed E-state index contributed by atoms with van der Waals surface area (Å²) in [5.41, 5.74) is 1.66. The quantitative estimate of drug-likeness (QED) is 0.535. The summed E-state index contributed by atoms with van der Waals surface area (Å²) < 4.78 is 29.2. The second-order valence-corrected chi connectivity index (χ2v) is 8.41. The largest absolute Gasteiger partial charge is 0.493 e. The zero-order valence-corrected chi connectivity index (χ0v) is 19.6.